The number of carbonyl (C=O) groups excluding carboxylic acids is 1. The summed E-state index contributed by atoms with van der Waals surface area (Å²) in [4.78, 5) is 20.6. The van der Waals surface area contributed by atoms with Crippen LogP contribution in [-0.2, 0) is 6.54 Å². The number of carbonyl (C=O) groups is 1. The summed E-state index contributed by atoms with van der Waals surface area (Å²) < 4.78 is 0.843. The number of piperidine rings is 1. The van der Waals surface area contributed by atoms with E-state index in [-0.39, 0.29) is 6.03 Å². The van der Waals surface area contributed by atoms with Gasteiger partial charge in [-0.25, -0.2) is 4.79 Å². The second-order valence-electron chi connectivity index (χ2n) is 7.72. The van der Waals surface area contributed by atoms with Gasteiger partial charge in [0, 0.05) is 50.2 Å². The molecule has 146 valence electrons. The predicted octanol–water partition coefficient (Wildman–Crippen LogP) is 3.35. The predicted molar refractivity (Wildman–Crippen MR) is 109 cm³/mol. The fraction of sp³-hybridized carbons (Fsp3) is 0.737. The zero-order valence-electron chi connectivity index (χ0n) is 15.9. The summed E-state index contributed by atoms with van der Waals surface area (Å²) in [7, 11) is 0. The highest BCUT2D eigenvalue weighted by Crippen LogP contribution is 2.23. The molecule has 0 saturated carbocycles. The molecule has 1 atom stereocenters. The van der Waals surface area contributed by atoms with Crippen LogP contribution in [0.25, 0.3) is 0 Å². The number of piperazine rings is 1. The summed E-state index contributed by atoms with van der Waals surface area (Å²) in [6, 6.07) is 4.54. The average molecular weight is 399 g/mol. The Hall–Kier alpha value is -0.820. The van der Waals surface area contributed by atoms with Gasteiger partial charge in [-0.2, -0.15) is 0 Å². The Morgan fingerprint density at radius 2 is 1.92 bits per heavy atom. The van der Waals surface area contributed by atoms with Crippen LogP contribution in [0.4, 0.5) is 4.79 Å². The van der Waals surface area contributed by atoms with E-state index >= 15 is 0 Å². The molecule has 1 N–H and O–H groups in total. The van der Waals surface area contributed by atoms with Gasteiger partial charge >= 0.3 is 6.03 Å². The highest BCUT2D eigenvalue weighted by molar-refractivity contribution is 7.16. The number of hydrogen-bond donors (Lipinski definition) is 1. The van der Waals surface area contributed by atoms with Crippen molar-refractivity contribution in [3.63, 3.8) is 0 Å². The number of nitrogens with zero attached hydrogens (tertiary/aromatic N) is 3. The van der Waals surface area contributed by atoms with E-state index in [0.717, 1.165) is 62.6 Å². The maximum atomic E-state index is 12.5. The van der Waals surface area contributed by atoms with Gasteiger partial charge in [-0.05, 0) is 50.9 Å². The Kier molecular flexibility index (Phi) is 7.20. The second-order valence-corrected chi connectivity index (χ2v) is 9.52. The van der Waals surface area contributed by atoms with Crippen molar-refractivity contribution in [2.45, 2.75) is 39.3 Å². The van der Waals surface area contributed by atoms with Crippen LogP contribution >= 0.6 is 22.9 Å². The number of thiophene rings is 1. The smallest absolute Gasteiger partial charge is 0.317 e. The van der Waals surface area contributed by atoms with Crippen LogP contribution in [-0.4, -0.2) is 72.6 Å². The van der Waals surface area contributed by atoms with E-state index in [0.29, 0.717) is 6.04 Å². The number of urea groups is 1. The molecule has 1 aromatic heterocycles. The van der Waals surface area contributed by atoms with Crippen LogP contribution in [0.3, 0.4) is 0 Å². The molecule has 3 rings (SSSR count). The molecule has 2 fully saturated rings. The number of halogens is 1. The molecule has 0 bridgehead atoms. The molecule has 26 heavy (non-hydrogen) atoms. The number of nitrogens with one attached hydrogen (secondary N) is 1. The fourth-order valence-electron chi connectivity index (χ4n) is 3.71. The minimum atomic E-state index is 0.0843. The molecule has 1 unspecified atom stereocenters. The van der Waals surface area contributed by atoms with Crippen molar-refractivity contribution in [1.82, 2.24) is 20.0 Å². The third kappa shape index (κ3) is 5.59. The van der Waals surface area contributed by atoms with Gasteiger partial charge in [0.1, 0.15) is 0 Å². The van der Waals surface area contributed by atoms with Gasteiger partial charge in [0.05, 0.1) is 4.34 Å². The minimum absolute atomic E-state index is 0.0843. The Labute approximate surface area is 166 Å². The lowest BCUT2D eigenvalue weighted by molar-refractivity contribution is 0.126. The quantitative estimate of drug-likeness (QED) is 0.826. The largest absolute Gasteiger partial charge is 0.336 e. The molecule has 0 spiro atoms. The van der Waals surface area contributed by atoms with E-state index < -0.39 is 0 Å². The van der Waals surface area contributed by atoms with Gasteiger partial charge in [0.15, 0.2) is 0 Å². The lowest BCUT2D eigenvalue weighted by Gasteiger charge is -2.37. The molecule has 0 aliphatic carbocycles. The molecule has 5 nitrogen and oxygen atoms in total. The first-order chi connectivity index (χ1) is 12.5. The van der Waals surface area contributed by atoms with Gasteiger partial charge < -0.3 is 10.2 Å². The SMILES string of the molecule is CC1CCN(C(C)CNC(=O)N2CCN(Cc3ccc(Cl)s3)CC2)CC1. The molecule has 2 amide bonds. The molecule has 2 aliphatic heterocycles. The van der Waals surface area contributed by atoms with Crippen molar-refractivity contribution in [2.75, 3.05) is 45.8 Å². The second kappa shape index (κ2) is 9.40. The number of likely N-dealkylation sites (tertiary alicyclic amines) is 1. The average Bonchev–Trinajstić information content (AvgIpc) is 3.05. The fourth-order valence-corrected chi connectivity index (χ4v) is 4.84. The lowest BCUT2D eigenvalue weighted by Crippen LogP contribution is -2.53. The van der Waals surface area contributed by atoms with Crippen LogP contribution in [0.1, 0.15) is 31.6 Å². The molecule has 1 aromatic rings. The van der Waals surface area contributed by atoms with Crippen LogP contribution in [0.5, 0.6) is 0 Å². The molecule has 0 radical (unpaired) electrons. The van der Waals surface area contributed by atoms with Crippen LogP contribution in [0, 0.1) is 5.92 Å². The summed E-state index contributed by atoms with van der Waals surface area (Å²) >= 11 is 7.64. The van der Waals surface area contributed by atoms with Crippen molar-refractivity contribution in [3.05, 3.63) is 21.3 Å². The number of hydrogen-bond acceptors (Lipinski definition) is 4. The summed E-state index contributed by atoms with van der Waals surface area (Å²) in [6.45, 7) is 12.0. The Morgan fingerprint density at radius 1 is 1.23 bits per heavy atom. The van der Waals surface area contributed by atoms with Crippen LogP contribution in [0.2, 0.25) is 4.34 Å². The summed E-state index contributed by atoms with van der Waals surface area (Å²) in [5.41, 5.74) is 0. The summed E-state index contributed by atoms with van der Waals surface area (Å²) in [5, 5.41) is 3.14. The normalized spacial score (nSPS) is 21.7. The zero-order chi connectivity index (χ0) is 18.5. The molecular formula is C19H31ClN4OS. The highest BCUT2D eigenvalue weighted by Gasteiger charge is 2.24. The Bertz CT molecular complexity index is 580. The highest BCUT2D eigenvalue weighted by atomic mass is 35.5. The zero-order valence-corrected chi connectivity index (χ0v) is 17.5. The Balaban J connectivity index is 1.35. The van der Waals surface area contributed by atoms with Crippen molar-refractivity contribution in [3.8, 4) is 0 Å². The van der Waals surface area contributed by atoms with Gasteiger partial charge in [-0.15, -0.1) is 11.3 Å². The maximum Gasteiger partial charge on any atom is 0.317 e. The molecule has 7 heteroatoms. The first kappa shape index (κ1) is 19.9. The van der Waals surface area contributed by atoms with E-state index in [4.69, 9.17) is 11.6 Å². The van der Waals surface area contributed by atoms with Crippen molar-refractivity contribution < 1.29 is 4.79 Å². The van der Waals surface area contributed by atoms with E-state index in [1.54, 1.807) is 11.3 Å². The van der Waals surface area contributed by atoms with E-state index in [1.807, 2.05) is 11.0 Å². The minimum Gasteiger partial charge on any atom is -0.336 e. The van der Waals surface area contributed by atoms with E-state index in [2.05, 4.69) is 35.0 Å². The number of rotatable bonds is 5. The first-order valence-corrected chi connectivity index (χ1v) is 10.9. The monoisotopic (exact) mass is 398 g/mol. The van der Waals surface area contributed by atoms with Crippen LogP contribution < -0.4 is 5.32 Å². The molecule has 3 heterocycles. The van der Waals surface area contributed by atoms with E-state index in [1.165, 1.54) is 17.7 Å². The van der Waals surface area contributed by atoms with Crippen molar-refractivity contribution in [1.29, 1.82) is 0 Å². The standard InChI is InChI=1S/C19H31ClN4OS/c1-15-5-7-23(8-6-15)16(2)13-21-19(25)24-11-9-22(10-12-24)14-17-3-4-18(20)26-17/h3-4,15-16H,5-14H2,1-2H3,(H,21,25). The van der Waals surface area contributed by atoms with Crippen molar-refractivity contribution in [2.24, 2.45) is 5.92 Å². The molecule has 0 aromatic carbocycles. The van der Waals surface area contributed by atoms with Crippen LogP contribution in [0.15, 0.2) is 12.1 Å². The third-order valence-electron chi connectivity index (χ3n) is 5.66. The maximum absolute atomic E-state index is 12.5. The first-order valence-electron chi connectivity index (χ1n) is 9.74. The van der Waals surface area contributed by atoms with Gasteiger partial charge in [0.25, 0.3) is 0 Å². The Morgan fingerprint density at radius 3 is 2.54 bits per heavy atom. The van der Waals surface area contributed by atoms with Gasteiger partial charge in [0.2, 0.25) is 0 Å². The molecule has 2 aliphatic rings. The summed E-state index contributed by atoms with van der Waals surface area (Å²) in [6.07, 6.45) is 2.55. The lowest BCUT2D eigenvalue weighted by atomic mass is 9.98. The van der Waals surface area contributed by atoms with Gasteiger partial charge in [-0.3, -0.25) is 9.80 Å². The topological polar surface area (TPSA) is 38.8 Å². The number of amides is 2. The third-order valence-corrected chi connectivity index (χ3v) is 6.87. The van der Waals surface area contributed by atoms with E-state index in [9.17, 15) is 4.79 Å². The summed E-state index contributed by atoms with van der Waals surface area (Å²) in [5.74, 6) is 0.842. The van der Waals surface area contributed by atoms with Gasteiger partial charge in [-0.1, -0.05) is 18.5 Å². The van der Waals surface area contributed by atoms with Crippen molar-refractivity contribution >= 4 is 29.0 Å². The molecule has 2 saturated heterocycles. The molecular weight excluding hydrogens is 368 g/mol.